The molecule has 6 nitrogen and oxygen atoms in total. The SMILES string of the molecule is CCN(CC)S(=O)(=O)c1ccc(CCNC(=NC)NCc2cccc(C)c2)s1.I. The van der Waals surface area contributed by atoms with Gasteiger partial charge in [-0.05, 0) is 31.0 Å². The topological polar surface area (TPSA) is 73.8 Å². The standard InChI is InChI=1S/C20H30N4O2S2.HI/c1-5-24(6-2)28(25,26)19-11-10-18(27-19)12-13-22-20(21-4)23-15-17-9-7-8-16(3)14-17;/h7-11,14H,5-6,12-13,15H2,1-4H3,(H2,21,22,23);1H. The van der Waals surface area contributed by atoms with Gasteiger partial charge in [0.05, 0.1) is 0 Å². The Balaban J connectivity index is 0.00000420. The Bertz CT molecular complexity index is 893. The van der Waals surface area contributed by atoms with E-state index in [0.717, 1.165) is 17.3 Å². The molecule has 0 amide bonds. The number of rotatable bonds is 9. The maximum Gasteiger partial charge on any atom is 0.252 e. The molecule has 0 spiro atoms. The molecule has 0 radical (unpaired) electrons. The Labute approximate surface area is 195 Å². The molecule has 1 aromatic heterocycles. The van der Waals surface area contributed by atoms with Crippen LogP contribution in [0.1, 0.15) is 29.9 Å². The van der Waals surface area contributed by atoms with E-state index < -0.39 is 10.0 Å². The van der Waals surface area contributed by atoms with Crippen LogP contribution in [0.2, 0.25) is 0 Å². The molecule has 2 aromatic rings. The van der Waals surface area contributed by atoms with Crippen LogP contribution in [-0.4, -0.2) is 45.4 Å². The molecule has 2 N–H and O–H groups in total. The first-order valence-electron chi connectivity index (χ1n) is 9.49. The van der Waals surface area contributed by atoms with E-state index in [9.17, 15) is 8.42 Å². The van der Waals surface area contributed by atoms with Gasteiger partial charge in [-0.1, -0.05) is 43.7 Å². The maximum atomic E-state index is 12.6. The predicted octanol–water partition coefficient (Wildman–Crippen LogP) is 3.61. The predicted molar refractivity (Wildman–Crippen MR) is 133 cm³/mol. The number of halogens is 1. The summed E-state index contributed by atoms with van der Waals surface area (Å²) in [5, 5.41) is 6.58. The number of aliphatic imine (C=N–C) groups is 1. The number of hydrogen-bond donors (Lipinski definition) is 2. The monoisotopic (exact) mass is 550 g/mol. The summed E-state index contributed by atoms with van der Waals surface area (Å²) < 4.78 is 27.0. The van der Waals surface area contributed by atoms with Gasteiger partial charge in [0.25, 0.3) is 10.0 Å². The van der Waals surface area contributed by atoms with Gasteiger partial charge < -0.3 is 10.6 Å². The second-order valence-corrected chi connectivity index (χ2v) is 9.73. The molecule has 0 atom stereocenters. The van der Waals surface area contributed by atoms with Crippen molar-refractivity contribution in [1.29, 1.82) is 0 Å². The van der Waals surface area contributed by atoms with Crippen LogP contribution in [0, 0.1) is 6.92 Å². The Morgan fingerprint density at radius 3 is 2.48 bits per heavy atom. The van der Waals surface area contributed by atoms with Crippen molar-refractivity contribution in [3.05, 3.63) is 52.4 Å². The van der Waals surface area contributed by atoms with Crippen molar-refractivity contribution < 1.29 is 8.42 Å². The van der Waals surface area contributed by atoms with Crippen LogP contribution < -0.4 is 10.6 Å². The summed E-state index contributed by atoms with van der Waals surface area (Å²) in [6.07, 6.45) is 0.740. The average molecular weight is 551 g/mol. The summed E-state index contributed by atoms with van der Waals surface area (Å²) in [6, 6.07) is 11.9. The molecule has 0 saturated carbocycles. The van der Waals surface area contributed by atoms with E-state index in [4.69, 9.17) is 0 Å². The molecule has 0 unspecified atom stereocenters. The van der Waals surface area contributed by atoms with Crippen LogP contribution in [-0.2, 0) is 23.0 Å². The van der Waals surface area contributed by atoms with Crippen molar-refractivity contribution in [1.82, 2.24) is 14.9 Å². The minimum Gasteiger partial charge on any atom is -0.356 e. The molecule has 1 aromatic carbocycles. The summed E-state index contributed by atoms with van der Waals surface area (Å²) in [6.45, 7) is 8.13. The number of aryl methyl sites for hydroxylation is 1. The molecule has 29 heavy (non-hydrogen) atoms. The van der Waals surface area contributed by atoms with Gasteiger partial charge in [-0.15, -0.1) is 35.3 Å². The molecule has 0 aliphatic rings. The average Bonchev–Trinajstić information content (AvgIpc) is 3.15. The quantitative estimate of drug-likeness (QED) is 0.284. The Morgan fingerprint density at radius 1 is 1.14 bits per heavy atom. The van der Waals surface area contributed by atoms with Crippen molar-refractivity contribution in [3.8, 4) is 0 Å². The van der Waals surface area contributed by atoms with Crippen LogP contribution >= 0.6 is 35.3 Å². The van der Waals surface area contributed by atoms with E-state index >= 15 is 0 Å². The molecule has 0 bridgehead atoms. The maximum absolute atomic E-state index is 12.6. The van der Waals surface area contributed by atoms with E-state index in [1.807, 2.05) is 26.0 Å². The molecule has 9 heteroatoms. The number of benzene rings is 1. The lowest BCUT2D eigenvalue weighted by Gasteiger charge is -2.16. The van der Waals surface area contributed by atoms with Crippen molar-refractivity contribution in [2.75, 3.05) is 26.7 Å². The second-order valence-electron chi connectivity index (χ2n) is 6.40. The molecule has 2 rings (SSSR count). The zero-order valence-electron chi connectivity index (χ0n) is 17.4. The van der Waals surface area contributed by atoms with Gasteiger partial charge in [0.2, 0.25) is 0 Å². The minimum absolute atomic E-state index is 0. The van der Waals surface area contributed by atoms with Crippen molar-refractivity contribution >= 4 is 51.3 Å². The lowest BCUT2D eigenvalue weighted by atomic mass is 10.1. The van der Waals surface area contributed by atoms with Gasteiger partial charge in [0.15, 0.2) is 5.96 Å². The Kier molecular flexibility index (Phi) is 11.2. The minimum atomic E-state index is -3.37. The fraction of sp³-hybridized carbons (Fsp3) is 0.450. The van der Waals surface area contributed by atoms with E-state index in [0.29, 0.717) is 30.4 Å². The number of nitrogens with zero attached hydrogens (tertiary/aromatic N) is 2. The normalized spacial score (nSPS) is 12.0. The number of guanidine groups is 1. The van der Waals surface area contributed by atoms with Crippen LogP contribution in [0.3, 0.4) is 0 Å². The lowest BCUT2D eigenvalue weighted by molar-refractivity contribution is 0.447. The third kappa shape index (κ3) is 7.54. The van der Waals surface area contributed by atoms with E-state index in [1.54, 1.807) is 13.1 Å². The van der Waals surface area contributed by atoms with Gasteiger partial charge in [0.1, 0.15) is 4.21 Å². The fourth-order valence-corrected chi connectivity index (χ4v) is 5.82. The van der Waals surface area contributed by atoms with Crippen LogP contribution in [0.25, 0.3) is 0 Å². The second kappa shape index (κ2) is 12.5. The third-order valence-electron chi connectivity index (χ3n) is 4.37. The van der Waals surface area contributed by atoms with Crippen LogP contribution in [0.15, 0.2) is 45.6 Å². The molecule has 0 aliphatic heterocycles. The molecule has 162 valence electrons. The lowest BCUT2D eigenvalue weighted by Crippen LogP contribution is -2.37. The zero-order valence-corrected chi connectivity index (χ0v) is 21.4. The van der Waals surface area contributed by atoms with Crippen molar-refractivity contribution in [2.24, 2.45) is 4.99 Å². The summed E-state index contributed by atoms with van der Waals surface area (Å²) in [7, 11) is -1.63. The fourth-order valence-electron chi connectivity index (χ4n) is 2.85. The van der Waals surface area contributed by atoms with Crippen LogP contribution in [0.5, 0.6) is 0 Å². The third-order valence-corrected chi connectivity index (χ3v) is 8.03. The first-order valence-corrected chi connectivity index (χ1v) is 11.7. The number of nitrogens with one attached hydrogen (secondary N) is 2. The van der Waals surface area contributed by atoms with Gasteiger partial charge in [-0.3, -0.25) is 4.99 Å². The first-order chi connectivity index (χ1) is 13.4. The molecular weight excluding hydrogens is 519 g/mol. The number of hydrogen-bond acceptors (Lipinski definition) is 4. The summed E-state index contributed by atoms with van der Waals surface area (Å²) in [5.74, 6) is 0.731. The van der Waals surface area contributed by atoms with E-state index in [1.165, 1.54) is 26.8 Å². The first kappa shape index (κ1) is 25.9. The summed E-state index contributed by atoms with van der Waals surface area (Å²) >= 11 is 1.34. The van der Waals surface area contributed by atoms with Crippen LogP contribution in [0.4, 0.5) is 0 Å². The highest BCUT2D eigenvalue weighted by Crippen LogP contribution is 2.25. The summed E-state index contributed by atoms with van der Waals surface area (Å²) in [4.78, 5) is 5.28. The molecule has 1 heterocycles. The smallest absolute Gasteiger partial charge is 0.252 e. The van der Waals surface area contributed by atoms with Gasteiger partial charge in [-0.2, -0.15) is 4.31 Å². The highest BCUT2D eigenvalue weighted by Gasteiger charge is 2.23. The molecule has 0 saturated heterocycles. The van der Waals surface area contributed by atoms with E-state index in [2.05, 4.69) is 40.7 Å². The largest absolute Gasteiger partial charge is 0.356 e. The molecule has 0 fully saturated rings. The Hall–Kier alpha value is -1.17. The highest BCUT2D eigenvalue weighted by molar-refractivity contribution is 14.0. The van der Waals surface area contributed by atoms with Crippen molar-refractivity contribution in [3.63, 3.8) is 0 Å². The highest BCUT2D eigenvalue weighted by atomic mass is 127. The van der Waals surface area contributed by atoms with Gasteiger partial charge in [-0.25, -0.2) is 8.42 Å². The van der Waals surface area contributed by atoms with Crippen molar-refractivity contribution in [2.45, 2.75) is 37.9 Å². The number of sulfonamides is 1. The van der Waals surface area contributed by atoms with Gasteiger partial charge in [0, 0.05) is 38.1 Å². The summed E-state index contributed by atoms with van der Waals surface area (Å²) in [5.41, 5.74) is 2.43. The Morgan fingerprint density at radius 2 is 1.86 bits per heavy atom. The zero-order chi connectivity index (χ0) is 20.6. The molecule has 0 aliphatic carbocycles. The molecular formula is C20H31IN4O2S2. The van der Waals surface area contributed by atoms with Gasteiger partial charge >= 0.3 is 0 Å². The van der Waals surface area contributed by atoms with E-state index in [-0.39, 0.29) is 24.0 Å². The number of thiophene rings is 1.